The normalized spacial score (nSPS) is 20.3. The highest BCUT2D eigenvalue weighted by Gasteiger charge is 2.23. The molecule has 0 bridgehead atoms. The van der Waals surface area contributed by atoms with Crippen molar-refractivity contribution >= 4 is 0 Å². The molecule has 2 nitrogen and oxygen atoms in total. The molecule has 0 saturated carbocycles. The van der Waals surface area contributed by atoms with Crippen LogP contribution in [0.1, 0.15) is 36.5 Å². The zero-order valence-corrected chi connectivity index (χ0v) is 13.4. The van der Waals surface area contributed by atoms with Crippen LogP contribution in [0.25, 0.3) is 0 Å². The highest BCUT2D eigenvalue weighted by molar-refractivity contribution is 5.18. The summed E-state index contributed by atoms with van der Waals surface area (Å²) in [6.45, 7) is 3.12. The first-order chi connectivity index (χ1) is 11.2. The SMILES string of the molecule is O[C@H](C[C@@H]1CCCN(Cc2ccccc2)C1)c1ccc(F)cc1. The molecular weight excluding hydrogens is 289 g/mol. The van der Waals surface area contributed by atoms with E-state index in [-0.39, 0.29) is 5.82 Å². The molecule has 3 heteroatoms. The average molecular weight is 313 g/mol. The lowest BCUT2D eigenvalue weighted by molar-refractivity contribution is 0.0977. The standard InChI is InChI=1S/C20H24FNO/c21-19-10-8-18(9-11-19)20(23)13-17-7-4-12-22(15-17)14-16-5-2-1-3-6-16/h1-3,5-6,8-11,17,20,23H,4,7,12-15H2/t17-,20+/m0/s1. The van der Waals surface area contributed by atoms with Crippen LogP contribution in [-0.4, -0.2) is 23.1 Å². The van der Waals surface area contributed by atoms with Crippen LogP contribution in [0.15, 0.2) is 54.6 Å². The fourth-order valence-electron chi connectivity index (χ4n) is 3.47. The Morgan fingerprint density at radius 2 is 1.83 bits per heavy atom. The van der Waals surface area contributed by atoms with E-state index < -0.39 is 6.10 Å². The number of benzene rings is 2. The summed E-state index contributed by atoms with van der Waals surface area (Å²) in [7, 11) is 0. The topological polar surface area (TPSA) is 23.5 Å². The molecule has 23 heavy (non-hydrogen) atoms. The third kappa shape index (κ3) is 4.63. The zero-order valence-electron chi connectivity index (χ0n) is 13.4. The lowest BCUT2D eigenvalue weighted by Gasteiger charge is -2.33. The summed E-state index contributed by atoms with van der Waals surface area (Å²) in [6, 6.07) is 16.7. The van der Waals surface area contributed by atoms with E-state index in [9.17, 15) is 9.50 Å². The summed E-state index contributed by atoms with van der Waals surface area (Å²) in [5.74, 6) is 0.236. The molecular formula is C20H24FNO. The van der Waals surface area contributed by atoms with Crippen molar-refractivity contribution in [1.82, 2.24) is 4.90 Å². The minimum absolute atomic E-state index is 0.257. The van der Waals surface area contributed by atoms with Gasteiger partial charge in [-0.05, 0) is 55.0 Å². The van der Waals surface area contributed by atoms with Gasteiger partial charge in [0.25, 0.3) is 0 Å². The molecule has 0 spiro atoms. The first kappa shape index (κ1) is 16.2. The highest BCUT2D eigenvalue weighted by atomic mass is 19.1. The Labute approximate surface area is 137 Å². The molecule has 1 N–H and O–H groups in total. The minimum atomic E-state index is -0.503. The van der Waals surface area contributed by atoms with Gasteiger partial charge in [0.15, 0.2) is 0 Å². The molecule has 1 aliphatic heterocycles. The van der Waals surface area contributed by atoms with Gasteiger partial charge in [-0.25, -0.2) is 4.39 Å². The third-order valence-corrected chi connectivity index (χ3v) is 4.66. The number of halogens is 1. The smallest absolute Gasteiger partial charge is 0.123 e. The van der Waals surface area contributed by atoms with E-state index in [1.165, 1.54) is 24.1 Å². The summed E-state index contributed by atoms with van der Waals surface area (Å²) < 4.78 is 13.0. The molecule has 1 saturated heterocycles. The maximum absolute atomic E-state index is 13.0. The predicted molar refractivity (Wildman–Crippen MR) is 90.4 cm³/mol. The molecule has 122 valence electrons. The molecule has 2 aromatic rings. The van der Waals surface area contributed by atoms with Crippen LogP contribution in [-0.2, 0) is 6.54 Å². The van der Waals surface area contributed by atoms with Crippen LogP contribution in [0.5, 0.6) is 0 Å². The third-order valence-electron chi connectivity index (χ3n) is 4.66. The van der Waals surface area contributed by atoms with Crippen molar-refractivity contribution in [3.63, 3.8) is 0 Å². The fraction of sp³-hybridized carbons (Fsp3) is 0.400. The van der Waals surface area contributed by atoms with Crippen LogP contribution in [0.2, 0.25) is 0 Å². The van der Waals surface area contributed by atoms with Gasteiger partial charge in [0.05, 0.1) is 6.10 Å². The summed E-state index contributed by atoms with van der Waals surface area (Å²) in [4.78, 5) is 2.47. The number of nitrogens with zero attached hydrogens (tertiary/aromatic N) is 1. The molecule has 0 aliphatic carbocycles. The molecule has 0 amide bonds. The zero-order chi connectivity index (χ0) is 16.1. The van der Waals surface area contributed by atoms with E-state index in [4.69, 9.17) is 0 Å². The number of rotatable bonds is 5. The Bertz CT molecular complexity index is 599. The maximum atomic E-state index is 13.0. The second-order valence-electron chi connectivity index (χ2n) is 6.53. The predicted octanol–water partition coefficient (Wildman–Crippen LogP) is 4.16. The lowest BCUT2D eigenvalue weighted by Crippen LogP contribution is -2.35. The van der Waals surface area contributed by atoms with Gasteiger partial charge in [0.1, 0.15) is 5.82 Å². The molecule has 0 radical (unpaired) electrons. The number of piperidine rings is 1. The van der Waals surface area contributed by atoms with E-state index in [2.05, 4.69) is 29.2 Å². The molecule has 2 atom stereocenters. The summed E-state index contributed by atoms with van der Waals surface area (Å²) in [5, 5.41) is 10.4. The van der Waals surface area contributed by atoms with Crippen molar-refractivity contribution in [2.24, 2.45) is 5.92 Å². The van der Waals surface area contributed by atoms with Gasteiger partial charge in [-0.1, -0.05) is 42.5 Å². The van der Waals surface area contributed by atoms with Gasteiger partial charge in [0.2, 0.25) is 0 Å². The number of aliphatic hydroxyl groups is 1. The largest absolute Gasteiger partial charge is 0.388 e. The van der Waals surface area contributed by atoms with Gasteiger partial charge < -0.3 is 5.11 Å². The van der Waals surface area contributed by atoms with Crippen LogP contribution >= 0.6 is 0 Å². The highest BCUT2D eigenvalue weighted by Crippen LogP contribution is 2.28. The monoisotopic (exact) mass is 313 g/mol. The molecule has 1 heterocycles. The van der Waals surface area contributed by atoms with Crippen LogP contribution in [0.4, 0.5) is 4.39 Å². The Morgan fingerprint density at radius 1 is 1.09 bits per heavy atom. The molecule has 1 aliphatic rings. The van der Waals surface area contributed by atoms with Crippen molar-refractivity contribution in [3.05, 3.63) is 71.5 Å². The molecule has 0 aromatic heterocycles. The molecule has 2 aromatic carbocycles. The van der Waals surface area contributed by atoms with Gasteiger partial charge >= 0.3 is 0 Å². The Kier molecular flexibility index (Phi) is 5.42. The van der Waals surface area contributed by atoms with Gasteiger partial charge in [-0.3, -0.25) is 4.90 Å². The minimum Gasteiger partial charge on any atom is -0.388 e. The van der Waals surface area contributed by atoms with Crippen LogP contribution in [0.3, 0.4) is 0 Å². The van der Waals surface area contributed by atoms with E-state index in [0.717, 1.165) is 38.0 Å². The Hall–Kier alpha value is -1.71. The second-order valence-corrected chi connectivity index (χ2v) is 6.53. The van der Waals surface area contributed by atoms with Crippen LogP contribution in [0, 0.1) is 11.7 Å². The van der Waals surface area contributed by atoms with Crippen molar-refractivity contribution in [1.29, 1.82) is 0 Å². The van der Waals surface area contributed by atoms with E-state index >= 15 is 0 Å². The lowest BCUT2D eigenvalue weighted by atomic mass is 9.90. The summed E-state index contributed by atoms with van der Waals surface area (Å²) >= 11 is 0. The quantitative estimate of drug-likeness (QED) is 0.896. The Morgan fingerprint density at radius 3 is 2.57 bits per heavy atom. The molecule has 1 fully saturated rings. The Balaban J connectivity index is 1.55. The van der Waals surface area contributed by atoms with Crippen molar-refractivity contribution in [2.75, 3.05) is 13.1 Å². The van der Waals surface area contributed by atoms with E-state index in [1.54, 1.807) is 12.1 Å². The maximum Gasteiger partial charge on any atom is 0.123 e. The van der Waals surface area contributed by atoms with Crippen molar-refractivity contribution < 1.29 is 9.50 Å². The van der Waals surface area contributed by atoms with Gasteiger partial charge in [-0.15, -0.1) is 0 Å². The van der Waals surface area contributed by atoms with E-state index in [0.29, 0.717) is 5.92 Å². The second kappa shape index (κ2) is 7.71. The first-order valence-corrected chi connectivity index (χ1v) is 8.40. The van der Waals surface area contributed by atoms with Gasteiger partial charge in [0, 0.05) is 13.1 Å². The fourth-order valence-corrected chi connectivity index (χ4v) is 3.47. The summed E-state index contributed by atoms with van der Waals surface area (Å²) in [5.41, 5.74) is 2.15. The number of aliphatic hydroxyl groups excluding tert-OH is 1. The number of hydrogen-bond donors (Lipinski definition) is 1. The summed E-state index contributed by atoms with van der Waals surface area (Å²) in [6.07, 6.45) is 2.57. The van der Waals surface area contributed by atoms with Crippen molar-refractivity contribution in [3.8, 4) is 0 Å². The molecule has 0 unspecified atom stereocenters. The number of likely N-dealkylation sites (tertiary alicyclic amines) is 1. The molecule has 3 rings (SSSR count). The van der Waals surface area contributed by atoms with Crippen LogP contribution < -0.4 is 0 Å². The first-order valence-electron chi connectivity index (χ1n) is 8.40. The number of hydrogen-bond acceptors (Lipinski definition) is 2. The average Bonchev–Trinajstić information content (AvgIpc) is 2.57. The van der Waals surface area contributed by atoms with Crippen molar-refractivity contribution in [2.45, 2.75) is 31.9 Å². The van der Waals surface area contributed by atoms with E-state index in [1.807, 2.05) is 6.07 Å². The van der Waals surface area contributed by atoms with Gasteiger partial charge in [-0.2, -0.15) is 0 Å².